The average Bonchev–Trinajstić information content (AvgIpc) is 2.49. The van der Waals surface area contributed by atoms with E-state index in [2.05, 4.69) is 0 Å². The van der Waals surface area contributed by atoms with Gasteiger partial charge in [-0.25, -0.2) is 0 Å². The van der Waals surface area contributed by atoms with E-state index in [9.17, 15) is 0 Å². The summed E-state index contributed by atoms with van der Waals surface area (Å²) in [5.41, 5.74) is 7.74. The maximum Gasteiger partial charge on any atom is 0.122 e. The minimum absolute atomic E-state index is 0.492. The van der Waals surface area contributed by atoms with Crippen LogP contribution in [0.4, 0.5) is 0 Å². The molecule has 0 heterocycles. The van der Waals surface area contributed by atoms with Crippen LogP contribution in [0.3, 0.4) is 0 Å². The van der Waals surface area contributed by atoms with E-state index >= 15 is 0 Å². The summed E-state index contributed by atoms with van der Waals surface area (Å²) in [4.78, 5) is 0. The number of hydrogen-bond acceptors (Lipinski definition) is 3. The molecule has 0 fully saturated rings. The second-order valence-corrected chi connectivity index (χ2v) is 5.20. The number of nitrogens with two attached hydrogens (primary N) is 1. The zero-order valence-electron chi connectivity index (χ0n) is 12.1. The molecule has 0 radical (unpaired) electrons. The smallest absolute Gasteiger partial charge is 0.122 e. The quantitative estimate of drug-likeness (QED) is 0.795. The number of benzene rings is 2. The molecule has 4 heteroatoms. The molecular weight excluding hydrogens is 286 g/mol. The lowest BCUT2D eigenvalue weighted by Crippen LogP contribution is -2.09. The molecule has 0 aliphatic heterocycles. The minimum atomic E-state index is 0.492. The van der Waals surface area contributed by atoms with Crippen molar-refractivity contribution in [3.05, 3.63) is 58.6 Å². The van der Waals surface area contributed by atoms with Gasteiger partial charge in [-0.15, -0.1) is 0 Å². The van der Waals surface area contributed by atoms with Crippen molar-refractivity contribution < 1.29 is 9.47 Å². The zero-order valence-corrected chi connectivity index (χ0v) is 12.9. The molecule has 0 aromatic heterocycles. The Morgan fingerprint density at radius 3 is 2.19 bits per heavy atom. The van der Waals surface area contributed by atoms with Gasteiger partial charge < -0.3 is 15.2 Å². The van der Waals surface area contributed by atoms with Gasteiger partial charge in [0, 0.05) is 5.02 Å². The zero-order chi connectivity index (χ0) is 15.1. The standard InChI is InChI=1S/C17H20ClNO2/c1-13-12-16(6-7-17(13)18)21-11-10-20-15-4-2-14(3-5-15)8-9-19/h2-7,12H,8-11,19H2,1H3. The Hall–Kier alpha value is -1.71. The topological polar surface area (TPSA) is 44.5 Å². The number of aryl methyl sites for hydroxylation is 1. The molecule has 112 valence electrons. The van der Waals surface area contributed by atoms with Crippen LogP contribution in [-0.4, -0.2) is 19.8 Å². The molecule has 0 unspecified atom stereocenters. The van der Waals surface area contributed by atoms with Gasteiger partial charge in [0.1, 0.15) is 24.7 Å². The first-order valence-electron chi connectivity index (χ1n) is 7.00. The fourth-order valence-corrected chi connectivity index (χ4v) is 2.06. The van der Waals surface area contributed by atoms with Crippen LogP contribution < -0.4 is 15.2 Å². The lowest BCUT2D eigenvalue weighted by atomic mass is 10.1. The Morgan fingerprint density at radius 2 is 1.57 bits per heavy atom. The molecule has 3 nitrogen and oxygen atoms in total. The molecular formula is C17H20ClNO2. The van der Waals surface area contributed by atoms with Crippen LogP contribution in [0.25, 0.3) is 0 Å². The highest BCUT2D eigenvalue weighted by atomic mass is 35.5. The normalized spacial score (nSPS) is 10.4. The van der Waals surface area contributed by atoms with E-state index in [-0.39, 0.29) is 0 Å². The van der Waals surface area contributed by atoms with Crippen molar-refractivity contribution in [3.63, 3.8) is 0 Å². The first kappa shape index (κ1) is 15.7. The van der Waals surface area contributed by atoms with E-state index in [4.69, 9.17) is 26.8 Å². The molecule has 2 rings (SSSR count). The predicted molar refractivity (Wildman–Crippen MR) is 86.4 cm³/mol. The third-order valence-electron chi connectivity index (χ3n) is 3.11. The Morgan fingerprint density at radius 1 is 0.952 bits per heavy atom. The number of ether oxygens (including phenoxy) is 2. The van der Waals surface area contributed by atoms with Gasteiger partial charge in [-0.2, -0.15) is 0 Å². The number of rotatable bonds is 7. The van der Waals surface area contributed by atoms with E-state index in [0.29, 0.717) is 19.8 Å². The molecule has 0 amide bonds. The van der Waals surface area contributed by atoms with Gasteiger partial charge in [-0.3, -0.25) is 0 Å². The lowest BCUT2D eigenvalue weighted by Gasteiger charge is -2.09. The highest BCUT2D eigenvalue weighted by Crippen LogP contribution is 2.21. The summed E-state index contributed by atoms with van der Waals surface area (Å²) in [7, 11) is 0. The number of halogens is 1. The predicted octanol–water partition coefficient (Wildman–Crippen LogP) is 3.61. The van der Waals surface area contributed by atoms with Crippen LogP contribution in [0, 0.1) is 6.92 Å². The first-order valence-corrected chi connectivity index (χ1v) is 7.37. The van der Waals surface area contributed by atoms with Crippen LogP contribution in [0.5, 0.6) is 11.5 Å². The third-order valence-corrected chi connectivity index (χ3v) is 3.53. The Kier molecular flexibility index (Phi) is 5.90. The highest BCUT2D eigenvalue weighted by molar-refractivity contribution is 6.31. The summed E-state index contributed by atoms with van der Waals surface area (Å²) in [6.07, 6.45) is 0.888. The second kappa shape index (κ2) is 7.91. The van der Waals surface area contributed by atoms with Gasteiger partial charge in [0.25, 0.3) is 0 Å². The van der Waals surface area contributed by atoms with Crippen LogP contribution in [0.1, 0.15) is 11.1 Å². The molecule has 0 aliphatic carbocycles. The molecule has 0 atom stereocenters. The maximum absolute atomic E-state index is 5.97. The minimum Gasteiger partial charge on any atom is -0.490 e. The van der Waals surface area contributed by atoms with E-state index in [1.807, 2.05) is 49.4 Å². The molecule has 2 aromatic carbocycles. The van der Waals surface area contributed by atoms with Crippen LogP contribution in [-0.2, 0) is 6.42 Å². The van der Waals surface area contributed by atoms with Gasteiger partial charge in [0.2, 0.25) is 0 Å². The van der Waals surface area contributed by atoms with Crippen molar-refractivity contribution in [1.82, 2.24) is 0 Å². The van der Waals surface area contributed by atoms with Crippen LogP contribution >= 0.6 is 11.6 Å². The summed E-state index contributed by atoms with van der Waals surface area (Å²) in [6, 6.07) is 13.6. The average molecular weight is 306 g/mol. The summed E-state index contributed by atoms with van der Waals surface area (Å²) in [6.45, 7) is 3.60. The molecule has 0 aliphatic rings. The summed E-state index contributed by atoms with van der Waals surface area (Å²) in [5.74, 6) is 1.64. The molecule has 0 bridgehead atoms. The van der Waals surface area contributed by atoms with Crippen LogP contribution in [0.2, 0.25) is 5.02 Å². The third kappa shape index (κ3) is 4.96. The Balaban J connectivity index is 1.75. The van der Waals surface area contributed by atoms with Crippen molar-refractivity contribution in [3.8, 4) is 11.5 Å². The van der Waals surface area contributed by atoms with E-state index in [1.165, 1.54) is 5.56 Å². The summed E-state index contributed by atoms with van der Waals surface area (Å²) >= 11 is 5.97. The van der Waals surface area contributed by atoms with Gasteiger partial charge in [-0.05, 0) is 61.3 Å². The summed E-state index contributed by atoms with van der Waals surface area (Å²) < 4.78 is 11.3. The monoisotopic (exact) mass is 305 g/mol. The largest absolute Gasteiger partial charge is 0.490 e. The summed E-state index contributed by atoms with van der Waals surface area (Å²) in [5, 5.41) is 0.746. The van der Waals surface area contributed by atoms with Crippen molar-refractivity contribution in [2.45, 2.75) is 13.3 Å². The van der Waals surface area contributed by atoms with E-state index in [1.54, 1.807) is 0 Å². The number of hydrogen-bond donors (Lipinski definition) is 1. The molecule has 0 saturated carbocycles. The van der Waals surface area contributed by atoms with E-state index < -0.39 is 0 Å². The molecule has 2 aromatic rings. The van der Waals surface area contributed by atoms with Gasteiger partial charge in [0.05, 0.1) is 0 Å². The lowest BCUT2D eigenvalue weighted by molar-refractivity contribution is 0.217. The maximum atomic E-state index is 5.97. The fraction of sp³-hybridized carbons (Fsp3) is 0.294. The van der Waals surface area contributed by atoms with Gasteiger partial charge in [-0.1, -0.05) is 23.7 Å². The fourth-order valence-electron chi connectivity index (χ4n) is 1.95. The molecule has 2 N–H and O–H groups in total. The second-order valence-electron chi connectivity index (χ2n) is 4.79. The first-order chi connectivity index (χ1) is 10.2. The molecule has 0 spiro atoms. The van der Waals surface area contributed by atoms with Gasteiger partial charge >= 0.3 is 0 Å². The van der Waals surface area contributed by atoms with Gasteiger partial charge in [0.15, 0.2) is 0 Å². The highest BCUT2D eigenvalue weighted by Gasteiger charge is 1.99. The Bertz CT molecular complexity index is 570. The van der Waals surface area contributed by atoms with Crippen molar-refractivity contribution in [2.24, 2.45) is 5.73 Å². The Labute approximate surface area is 130 Å². The van der Waals surface area contributed by atoms with E-state index in [0.717, 1.165) is 28.5 Å². The van der Waals surface area contributed by atoms with Crippen LogP contribution in [0.15, 0.2) is 42.5 Å². The van der Waals surface area contributed by atoms with Crippen molar-refractivity contribution >= 4 is 11.6 Å². The molecule has 0 saturated heterocycles. The van der Waals surface area contributed by atoms with Crippen molar-refractivity contribution in [1.29, 1.82) is 0 Å². The SMILES string of the molecule is Cc1cc(OCCOc2ccc(CCN)cc2)ccc1Cl. The molecule has 21 heavy (non-hydrogen) atoms. The van der Waals surface area contributed by atoms with Crippen molar-refractivity contribution in [2.75, 3.05) is 19.8 Å².